The lowest BCUT2D eigenvalue weighted by molar-refractivity contribution is -0.136. The van der Waals surface area contributed by atoms with Crippen LogP contribution < -0.4 is 5.73 Å². The van der Waals surface area contributed by atoms with Gasteiger partial charge in [-0.15, -0.1) is 11.3 Å². The van der Waals surface area contributed by atoms with E-state index >= 15 is 0 Å². The second-order valence-corrected chi connectivity index (χ2v) is 5.98. The van der Waals surface area contributed by atoms with Gasteiger partial charge in [-0.1, -0.05) is 0 Å². The molecule has 3 rings (SSSR count). The number of hydrogen-bond donors (Lipinski definition) is 1. The minimum Gasteiger partial charge on any atom is -0.465 e. The van der Waals surface area contributed by atoms with E-state index in [0.717, 1.165) is 24.5 Å². The second-order valence-electron chi connectivity index (χ2n) is 4.98. The first-order valence-corrected chi connectivity index (χ1v) is 7.49. The van der Waals surface area contributed by atoms with Gasteiger partial charge in [-0.3, -0.25) is 0 Å². The van der Waals surface area contributed by atoms with Gasteiger partial charge < -0.3 is 14.9 Å². The predicted molar refractivity (Wildman–Crippen MR) is 82.8 cm³/mol. The Morgan fingerprint density at radius 2 is 2.08 bits per heavy atom. The van der Waals surface area contributed by atoms with Crippen LogP contribution >= 0.6 is 11.3 Å². The number of furan rings is 1. The molecule has 126 valence electrons. The van der Waals surface area contributed by atoms with Crippen LogP contribution in [0.3, 0.4) is 0 Å². The Morgan fingerprint density at radius 1 is 1.38 bits per heavy atom. The lowest BCUT2D eigenvalue weighted by Gasteiger charge is -2.10. The van der Waals surface area contributed by atoms with Crippen molar-refractivity contribution in [2.45, 2.75) is 13.1 Å². The summed E-state index contributed by atoms with van der Waals surface area (Å²) >= 11 is 0.750. The number of fused-ring (bicyclic) bond motifs is 1. The minimum atomic E-state index is -4.67. The van der Waals surface area contributed by atoms with Gasteiger partial charge in [0.05, 0.1) is 18.4 Å². The fraction of sp³-hybridized carbons (Fsp3) is 0.200. The van der Waals surface area contributed by atoms with Crippen LogP contribution in [0.25, 0.3) is 21.7 Å². The third kappa shape index (κ3) is 2.60. The molecule has 3 heterocycles. The number of rotatable bonds is 2. The molecule has 5 nitrogen and oxygen atoms in total. The highest BCUT2D eigenvalue weighted by Gasteiger charge is 2.36. The van der Waals surface area contributed by atoms with Crippen molar-refractivity contribution in [3.05, 3.63) is 34.4 Å². The Kier molecular flexibility index (Phi) is 3.75. The number of aromatic nitrogens is 1. The molecule has 0 aromatic carbocycles. The standard InChI is InChI=1S/C15H11F3N2O3S/c1-6-3-4-9(23-6)8-5-7(15(16,17)18)10-11(19)12(14(21)22-2)24-13(10)20-8/h3-5H,19H2,1-2H3. The SMILES string of the molecule is COC(=O)c1sc2nc(-c3ccc(C)o3)cc(C(F)(F)F)c2c1N. The summed E-state index contributed by atoms with van der Waals surface area (Å²) in [5, 5.41) is -0.306. The van der Waals surface area contributed by atoms with E-state index in [2.05, 4.69) is 9.72 Å². The molecule has 0 aliphatic heterocycles. The van der Waals surface area contributed by atoms with Crippen LogP contribution in [0, 0.1) is 6.92 Å². The largest absolute Gasteiger partial charge is 0.465 e. The van der Waals surface area contributed by atoms with Crippen molar-refractivity contribution in [1.29, 1.82) is 0 Å². The maximum Gasteiger partial charge on any atom is 0.417 e. The number of carbonyl (C=O) groups excluding carboxylic acids is 1. The lowest BCUT2D eigenvalue weighted by atomic mass is 10.1. The number of alkyl halides is 3. The minimum absolute atomic E-state index is 0.00761. The van der Waals surface area contributed by atoms with Crippen LogP contribution in [0.4, 0.5) is 18.9 Å². The van der Waals surface area contributed by atoms with E-state index in [1.165, 1.54) is 6.07 Å². The number of nitrogens with zero attached hydrogens (tertiary/aromatic N) is 1. The van der Waals surface area contributed by atoms with Crippen molar-refractivity contribution in [3.63, 3.8) is 0 Å². The number of thiophene rings is 1. The Hall–Kier alpha value is -2.55. The number of anilines is 1. The number of pyridine rings is 1. The Labute approximate surface area is 137 Å². The highest BCUT2D eigenvalue weighted by Crippen LogP contribution is 2.43. The molecule has 0 bridgehead atoms. The zero-order valence-corrected chi connectivity index (χ0v) is 13.3. The molecule has 2 N–H and O–H groups in total. The molecule has 0 aliphatic carbocycles. The third-order valence-corrected chi connectivity index (χ3v) is 4.45. The molecule has 0 radical (unpaired) electrons. The first-order chi connectivity index (χ1) is 11.2. The van der Waals surface area contributed by atoms with Crippen LogP contribution in [0.5, 0.6) is 0 Å². The van der Waals surface area contributed by atoms with E-state index < -0.39 is 17.7 Å². The summed E-state index contributed by atoms with van der Waals surface area (Å²) < 4.78 is 50.3. The molecule has 0 unspecified atom stereocenters. The molecule has 0 spiro atoms. The summed E-state index contributed by atoms with van der Waals surface area (Å²) in [5.74, 6) is -0.0631. The van der Waals surface area contributed by atoms with Crippen LogP contribution in [0.2, 0.25) is 0 Å². The van der Waals surface area contributed by atoms with Gasteiger partial charge in [0.2, 0.25) is 0 Å². The number of ether oxygens (including phenoxy) is 1. The van der Waals surface area contributed by atoms with Gasteiger partial charge in [0.15, 0.2) is 5.76 Å². The van der Waals surface area contributed by atoms with Crippen LogP contribution in [-0.2, 0) is 10.9 Å². The molecule has 0 atom stereocenters. The Morgan fingerprint density at radius 3 is 2.62 bits per heavy atom. The van der Waals surface area contributed by atoms with E-state index in [4.69, 9.17) is 10.2 Å². The van der Waals surface area contributed by atoms with Gasteiger partial charge in [-0.2, -0.15) is 13.2 Å². The van der Waals surface area contributed by atoms with Crippen LogP contribution in [0.15, 0.2) is 22.6 Å². The molecule has 24 heavy (non-hydrogen) atoms. The topological polar surface area (TPSA) is 78.3 Å². The molecular weight excluding hydrogens is 345 g/mol. The summed E-state index contributed by atoms with van der Waals surface area (Å²) in [7, 11) is 1.13. The van der Waals surface area contributed by atoms with Crippen molar-refractivity contribution in [2.75, 3.05) is 12.8 Å². The van der Waals surface area contributed by atoms with Crippen molar-refractivity contribution in [1.82, 2.24) is 4.98 Å². The summed E-state index contributed by atoms with van der Waals surface area (Å²) in [5.41, 5.74) is 4.51. The first-order valence-electron chi connectivity index (χ1n) is 6.67. The third-order valence-electron chi connectivity index (χ3n) is 3.37. The van der Waals surface area contributed by atoms with E-state index in [9.17, 15) is 18.0 Å². The molecule has 0 fully saturated rings. The van der Waals surface area contributed by atoms with Crippen molar-refractivity contribution in [3.8, 4) is 11.5 Å². The number of hydrogen-bond acceptors (Lipinski definition) is 6. The maximum atomic E-state index is 13.5. The van der Waals surface area contributed by atoms with Crippen molar-refractivity contribution < 1.29 is 27.1 Å². The van der Waals surface area contributed by atoms with E-state index in [1.807, 2.05) is 0 Å². The molecule has 0 aliphatic rings. The van der Waals surface area contributed by atoms with Gasteiger partial charge in [0.1, 0.15) is 21.2 Å². The molecule has 0 saturated carbocycles. The van der Waals surface area contributed by atoms with Gasteiger partial charge in [0.25, 0.3) is 0 Å². The van der Waals surface area contributed by atoms with E-state index in [0.29, 0.717) is 5.76 Å². The molecule has 0 saturated heterocycles. The fourth-order valence-electron chi connectivity index (χ4n) is 2.29. The number of methoxy groups -OCH3 is 1. The quantitative estimate of drug-likeness (QED) is 0.695. The summed E-state index contributed by atoms with van der Waals surface area (Å²) in [6.07, 6.45) is -4.67. The number of halogens is 3. The second kappa shape index (κ2) is 5.52. The van der Waals surface area contributed by atoms with Crippen molar-refractivity contribution in [2.24, 2.45) is 0 Å². The monoisotopic (exact) mass is 356 g/mol. The first kappa shape index (κ1) is 16.3. The summed E-state index contributed by atoms with van der Waals surface area (Å²) in [6, 6.07) is 4.02. The molecule has 0 amide bonds. The molecule has 3 aromatic rings. The number of nitrogen functional groups attached to an aromatic ring is 1. The zero-order chi connectivity index (χ0) is 17.6. The Bertz CT molecular complexity index is 943. The predicted octanol–water partition coefficient (Wildman–Crippen LogP) is 4.25. The van der Waals surface area contributed by atoms with E-state index in [-0.39, 0.29) is 32.2 Å². The van der Waals surface area contributed by atoms with Gasteiger partial charge in [-0.25, -0.2) is 9.78 Å². The van der Waals surface area contributed by atoms with Gasteiger partial charge in [-0.05, 0) is 25.1 Å². The Balaban J connectivity index is 2.34. The lowest BCUT2D eigenvalue weighted by Crippen LogP contribution is -2.08. The number of nitrogens with two attached hydrogens (primary N) is 1. The highest BCUT2D eigenvalue weighted by molar-refractivity contribution is 7.21. The van der Waals surface area contributed by atoms with Crippen molar-refractivity contribution >= 4 is 33.2 Å². The molecular formula is C15H11F3N2O3S. The average molecular weight is 356 g/mol. The van der Waals surface area contributed by atoms with Gasteiger partial charge >= 0.3 is 12.1 Å². The zero-order valence-electron chi connectivity index (χ0n) is 12.5. The van der Waals surface area contributed by atoms with Gasteiger partial charge in [0, 0.05) is 5.39 Å². The number of aryl methyl sites for hydroxylation is 1. The fourth-order valence-corrected chi connectivity index (χ4v) is 3.33. The van der Waals surface area contributed by atoms with Crippen LogP contribution in [-0.4, -0.2) is 18.1 Å². The normalized spacial score (nSPS) is 11.9. The molecule has 3 aromatic heterocycles. The number of carbonyl (C=O) groups is 1. The smallest absolute Gasteiger partial charge is 0.417 e. The van der Waals surface area contributed by atoms with E-state index in [1.54, 1.807) is 13.0 Å². The maximum absolute atomic E-state index is 13.5. The van der Waals surface area contributed by atoms with Crippen LogP contribution in [0.1, 0.15) is 21.0 Å². The summed E-state index contributed by atoms with van der Waals surface area (Å²) in [6.45, 7) is 1.67. The highest BCUT2D eigenvalue weighted by atomic mass is 32.1. The average Bonchev–Trinajstić information content (AvgIpc) is 3.09. The molecule has 9 heteroatoms. The number of esters is 1. The summed E-state index contributed by atoms with van der Waals surface area (Å²) in [4.78, 5) is 15.8.